The SMILES string of the molecule is N[C@H](C(=O)N[C@H]1CCCC[C@@H]1CC[C@H]1CN[C@@H]2CCCS(=O)(=O)N1C2)C(c1ccc(F)cc1)c1ccc(F)cc1. The zero-order valence-corrected chi connectivity index (χ0v) is 23.6. The first-order valence-electron chi connectivity index (χ1n) is 14.5. The minimum Gasteiger partial charge on any atom is -0.352 e. The number of rotatable bonds is 8. The molecule has 2 aliphatic heterocycles. The molecule has 2 saturated heterocycles. The molecule has 4 N–H and O–H groups in total. The van der Waals surface area contributed by atoms with Crippen LogP contribution in [0.15, 0.2) is 48.5 Å². The van der Waals surface area contributed by atoms with Gasteiger partial charge in [0.05, 0.1) is 11.8 Å². The van der Waals surface area contributed by atoms with Crippen LogP contribution in [-0.4, -0.2) is 61.6 Å². The van der Waals surface area contributed by atoms with Crippen LogP contribution in [0.4, 0.5) is 8.78 Å². The molecule has 5 rings (SSSR count). The highest BCUT2D eigenvalue weighted by molar-refractivity contribution is 7.89. The Labute approximate surface area is 235 Å². The third-order valence-electron chi connectivity index (χ3n) is 8.99. The first kappa shape index (κ1) is 29.1. The van der Waals surface area contributed by atoms with Crippen molar-refractivity contribution in [1.82, 2.24) is 14.9 Å². The van der Waals surface area contributed by atoms with Crippen molar-refractivity contribution in [3.05, 3.63) is 71.3 Å². The Morgan fingerprint density at radius 3 is 2.23 bits per heavy atom. The quantitative estimate of drug-likeness (QED) is 0.447. The number of benzene rings is 2. The van der Waals surface area contributed by atoms with Gasteiger partial charge in [0.25, 0.3) is 0 Å². The number of carbonyl (C=O) groups excluding carboxylic acids is 1. The first-order chi connectivity index (χ1) is 19.2. The standard InChI is InChI=1S/C30H40F2N4O3S/c31-23-12-7-21(8-13-23)28(22-9-14-24(32)15-10-22)29(33)30(37)35-27-6-2-1-4-20(27)11-16-26-18-34-25-5-3-17-40(38,39)36(26)19-25/h7-10,12-15,20,25-29,34H,1-6,11,16-19,33H2,(H,35,37)/t20-,25-,26+,27+,29+/m1/s1. The fourth-order valence-electron chi connectivity index (χ4n) is 6.77. The number of carbonyl (C=O) groups is 1. The van der Waals surface area contributed by atoms with Crippen LogP contribution in [0.25, 0.3) is 0 Å². The fourth-order valence-corrected chi connectivity index (χ4v) is 8.58. The van der Waals surface area contributed by atoms with Crippen LogP contribution >= 0.6 is 0 Å². The molecule has 6 atom stereocenters. The van der Waals surface area contributed by atoms with Gasteiger partial charge in [0.1, 0.15) is 11.6 Å². The molecule has 0 radical (unpaired) electrons. The van der Waals surface area contributed by atoms with E-state index in [0.29, 0.717) is 30.6 Å². The van der Waals surface area contributed by atoms with Crippen LogP contribution in [0.2, 0.25) is 0 Å². The molecule has 3 fully saturated rings. The molecule has 2 aromatic carbocycles. The number of hydrogen-bond donors (Lipinski definition) is 3. The molecule has 3 aliphatic rings. The molecule has 1 saturated carbocycles. The van der Waals surface area contributed by atoms with Crippen LogP contribution in [0.5, 0.6) is 0 Å². The third-order valence-corrected chi connectivity index (χ3v) is 11.0. The molecule has 0 spiro atoms. The molecule has 7 nitrogen and oxygen atoms in total. The maximum absolute atomic E-state index is 13.7. The largest absolute Gasteiger partial charge is 0.352 e. The lowest BCUT2D eigenvalue weighted by molar-refractivity contribution is -0.124. The van der Waals surface area contributed by atoms with Crippen molar-refractivity contribution in [3.8, 4) is 0 Å². The molecule has 2 aromatic rings. The average molecular weight is 575 g/mol. The smallest absolute Gasteiger partial charge is 0.238 e. The molecule has 2 bridgehead atoms. The van der Waals surface area contributed by atoms with E-state index in [2.05, 4.69) is 10.6 Å². The topological polar surface area (TPSA) is 105 Å². The van der Waals surface area contributed by atoms with Gasteiger partial charge in [0, 0.05) is 37.1 Å². The van der Waals surface area contributed by atoms with Crippen LogP contribution in [0, 0.1) is 17.6 Å². The molecule has 218 valence electrons. The monoisotopic (exact) mass is 574 g/mol. The van der Waals surface area contributed by atoms with E-state index < -0.39 is 22.0 Å². The summed E-state index contributed by atoms with van der Waals surface area (Å²) in [6, 6.07) is 10.9. The summed E-state index contributed by atoms with van der Waals surface area (Å²) < 4.78 is 54.8. The maximum atomic E-state index is 13.7. The van der Waals surface area contributed by atoms with Gasteiger partial charge in [-0.2, -0.15) is 4.31 Å². The molecule has 1 unspecified atom stereocenters. The van der Waals surface area contributed by atoms with Gasteiger partial charge in [0.2, 0.25) is 15.9 Å². The van der Waals surface area contributed by atoms with E-state index in [4.69, 9.17) is 5.73 Å². The van der Waals surface area contributed by atoms with Crippen LogP contribution in [-0.2, 0) is 14.8 Å². The van der Waals surface area contributed by atoms with Gasteiger partial charge < -0.3 is 16.4 Å². The number of nitrogens with one attached hydrogen (secondary N) is 2. The number of amides is 1. The molecular weight excluding hydrogens is 534 g/mol. The Bertz CT molecular complexity index is 1210. The molecule has 0 aromatic heterocycles. The minimum absolute atomic E-state index is 0.0561. The Hall–Kier alpha value is -2.40. The molecular formula is C30H40F2N4O3S. The Kier molecular flexibility index (Phi) is 9.19. The summed E-state index contributed by atoms with van der Waals surface area (Å²) >= 11 is 0. The van der Waals surface area contributed by atoms with Crippen molar-refractivity contribution in [2.45, 2.75) is 81.5 Å². The molecule has 1 aliphatic carbocycles. The highest BCUT2D eigenvalue weighted by Gasteiger charge is 2.39. The number of halogens is 2. The Morgan fingerprint density at radius 2 is 1.57 bits per heavy atom. The van der Waals surface area contributed by atoms with E-state index in [0.717, 1.165) is 44.9 Å². The lowest BCUT2D eigenvalue weighted by atomic mass is 9.80. The molecule has 1 amide bonds. The van der Waals surface area contributed by atoms with E-state index in [1.807, 2.05) is 0 Å². The normalized spacial score (nSPS) is 28.9. The average Bonchev–Trinajstić information content (AvgIpc) is 3.06. The maximum Gasteiger partial charge on any atom is 0.238 e. The van der Waals surface area contributed by atoms with Gasteiger partial charge in [-0.3, -0.25) is 4.79 Å². The van der Waals surface area contributed by atoms with Gasteiger partial charge in [0.15, 0.2) is 0 Å². The van der Waals surface area contributed by atoms with Gasteiger partial charge in [-0.15, -0.1) is 0 Å². The van der Waals surface area contributed by atoms with Crippen molar-refractivity contribution in [3.63, 3.8) is 0 Å². The predicted molar refractivity (Wildman–Crippen MR) is 151 cm³/mol. The van der Waals surface area contributed by atoms with Crippen molar-refractivity contribution in [2.24, 2.45) is 11.7 Å². The van der Waals surface area contributed by atoms with Gasteiger partial charge in [-0.05, 0) is 79.8 Å². The second-order valence-corrected chi connectivity index (χ2v) is 13.7. The summed E-state index contributed by atoms with van der Waals surface area (Å²) in [5.41, 5.74) is 7.93. The zero-order chi connectivity index (χ0) is 28.3. The summed E-state index contributed by atoms with van der Waals surface area (Å²) in [5, 5.41) is 6.74. The van der Waals surface area contributed by atoms with Crippen molar-refractivity contribution >= 4 is 15.9 Å². The highest BCUT2D eigenvalue weighted by Crippen LogP contribution is 2.32. The van der Waals surface area contributed by atoms with E-state index in [1.54, 1.807) is 28.6 Å². The number of piperazine rings is 1. The summed E-state index contributed by atoms with van der Waals surface area (Å²) in [7, 11) is -3.25. The minimum atomic E-state index is -3.25. The second kappa shape index (κ2) is 12.6. The summed E-state index contributed by atoms with van der Waals surface area (Å²) in [5.74, 6) is -1.20. The predicted octanol–water partition coefficient (Wildman–Crippen LogP) is 3.65. The van der Waals surface area contributed by atoms with Gasteiger partial charge in [-0.1, -0.05) is 37.1 Å². The Morgan fingerprint density at radius 1 is 0.950 bits per heavy atom. The van der Waals surface area contributed by atoms with Gasteiger partial charge >= 0.3 is 0 Å². The van der Waals surface area contributed by atoms with Crippen molar-refractivity contribution in [2.75, 3.05) is 18.8 Å². The lowest BCUT2D eigenvalue weighted by Gasteiger charge is -2.39. The van der Waals surface area contributed by atoms with E-state index in [9.17, 15) is 22.0 Å². The number of fused-ring (bicyclic) bond motifs is 2. The van der Waals surface area contributed by atoms with Crippen molar-refractivity contribution in [1.29, 1.82) is 0 Å². The third kappa shape index (κ3) is 6.73. The number of hydrogen-bond acceptors (Lipinski definition) is 5. The molecule has 2 heterocycles. The van der Waals surface area contributed by atoms with E-state index >= 15 is 0 Å². The van der Waals surface area contributed by atoms with Crippen molar-refractivity contribution < 1.29 is 22.0 Å². The number of sulfonamides is 1. The van der Waals surface area contributed by atoms with E-state index in [1.165, 1.54) is 24.3 Å². The van der Waals surface area contributed by atoms with Crippen LogP contribution in [0.1, 0.15) is 68.4 Å². The zero-order valence-electron chi connectivity index (χ0n) is 22.8. The second-order valence-electron chi connectivity index (χ2n) is 11.6. The fraction of sp³-hybridized carbons (Fsp3) is 0.567. The van der Waals surface area contributed by atoms with Crippen LogP contribution in [0.3, 0.4) is 0 Å². The molecule has 40 heavy (non-hydrogen) atoms. The highest BCUT2D eigenvalue weighted by atomic mass is 32.2. The number of nitrogens with zero attached hydrogens (tertiary/aromatic N) is 1. The molecule has 10 heteroatoms. The lowest BCUT2D eigenvalue weighted by Crippen LogP contribution is -2.57. The van der Waals surface area contributed by atoms with Gasteiger partial charge in [-0.25, -0.2) is 17.2 Å². The van der Waals surface area contributed by atoms with Crippen LogP contribution < -0.4 is 16.4 Å². The van der Waals surface area contributed by atoms with E-state index in [-0.39, 0.29) is 47.3 Å². The number of nitrogens with two attached hydrogens (primary N) is 1. The first-order valence-corrected chi connectivity index (χ1v) is 16.1. The summed E-state index contributed by atoms with van der Waals surface area (Å²) in [4.78, 5) is 13.6. The Balaban J connectivity index is 1.27. The summed E-state index contributed by atoms with van der Waals surface area (Å²) in [6.45, 7) is 1.20. The summed E-state index contributed by atoms with van der Waals surface area (Å²) in [6.07, 6.45) is 7.03.